The number of amides is 1. The molecule has 0 aromatic carbocycles. The van der Waals surface area contributed by atoms with Gasteiger partial charge in [0.1, 0.15) is 12.8 Å². The number of carboxylic acids is 1. The summed E-state index contributed by atoms with van der Waals surface area (Å²) < 4.78 is 1.34. The van der Waals surface area contributed by atoms with Gasteiger partial charge in [-0.15, -0.1) is 0 Å². The van der Waals surface area contributed by atoms with Crippen molar-refractivity contribution >= 4 is 68.4 Å². The first kappa shape index (κ1) is 15.1. The number of hydrogen-bond acceptors (Lipinski definition) is 6. The van der Waals surface area contributed by atoms with Crippen molar-refractivity contribution in [3.8, 4) is 0 Å². The quantitative estimate of drug-likeness (QED) is 0.357. The van der Waals surface area contributed by atoms with E-state index in [0.29, 0.717) is 2.88 Å². The van der Waals surface area contributed by atoms with Gasteiger partial charge in [-0.1, -0.05) is 16.5 Å². The number of aromatic nitrogens is 1. The molecule has 0 spiro atoms. The molecule has 0 saturated heterocycles. The van der Waals surface area contributed by atoms with Gasteiger partial charge in [-0.05, 0) is 22.6 Å². The molecule has 7 nitrogen and oxygen atoms in total. The molecule has 1 N–H and O–H groups in total. The van der Waals surface area contributed by atoms with E-state index in [1.54, 1.807) is 0 Å². The van der Waals surface area contributed by atoms with Crippen LogP contribution in [0.2, 0.25) is 0 Å². The molecule has 1 aromatic heterocycles. The molecule has 1 amide bonds. The van der Waals surface area contributed by atoms with Crippen LogP contribution in [0.3, 0.4) is 0 Å². The van der Waals surface area contributed by atoms with Crippen molar-refractivity contribution in [2.75, 3.05) is 11.5 Å². The Bertz CT molecular complexity index is 518. The summed E-state index contributed by atoms with van der Waals surface area (Å²) in [4.78, 5) is 30.5. The molecule has 1 aromatic rings. The maximum Gasteiger partial charge on any atom is 0.360 e. The van der Waals surface area contributed by atoms with Crippen LogP contribution in [0.25, 0.3) is 0 Å². The molecule has 0 fully saturated rings. The first-order valence-electron chi connectivity index (χ1n) is 4.36. The van der Waals surface area contributed by atoms with Gasteiger partial charge in [0.05, 0.1) is 2.88 Å². The zero-order valence-corrected chi connectivity index (χ0v) is 12.9. The maximum absolute atomic E-state index is 11.1. The number of halogens is 2. The number of rotatable bonds is 4. The minimum atomic E-state index is -1.28. The summed E-state index contributed by atoms with van der Waals surface area (Å²) in [6, 6.07) is 0. The number of hydrogen-bond donors (Lipinski definition) is 1. The molecule has 1 heterocycles. The maximum atomic E-state index is 11.1. The number of anilines is 1. The lowest BCUT2D eigenvalue weighted by atomic mass is 10.3. The third kappa shape index (κ3) is 3.29. The van der Waals surface area contributed by atoms with Crippen molar-refractivity contribution < 1.29 is 19.5 Å². The summed E-state index contributed by atoms with van der Waals surface area (Å²) in [6.07, 6.45) is 0. The molecule has 0 atom stereocenters. The Morgan fingerprint density at radius 2 is 2.22 bits per heavy atom. The lowest BCUT2D eigenvalue weighted by molar-refractivity contribution is -0.129. The first-order valence-corrected chi connectivity index (χ1v) is 6.59. The Hall–Kier alpha value is -0.940. The lowest BCUT2D eigenvalue weighted by Gasteiger charge is -2.05. The van der Waals surface area contributed by atoms with E-state index in [-0.39, 0.29) is 16.5 Å². The summed E-state index contributed by atoms with van der Waals surface area (Å²) in [6.45, 7) is 1.27. The molecular weight excluding hydrogens is 397 g/mol. The SMILES string of the molecule is CON=C(C(=O)O)c1nc(N(Cl)C(C)=O)sc1I. The Balaban J connectivity index is 3.22. The summed E-state index contributed by atoms with van der Waals surface area (Å²) in [7, 11) is 1.23. The van der Waals surface area contributed by atoms with E-state index in [1.165, 1.54) is 14.0 Å². The second kappa shape index (κ2) is 6.29. The Morgan fingerprint density at radius 3 is 2.67 bits per heavy atom. The fraction of sp³-hybridized carbons (Fsp3) is 0.250. The van der Waals surface area contributed by atoms with Crippen LogP contribution in [-0.2, 0) is 14.4 Å². The van der Waals surface area contributed by atoms with Crippen LogP contribution < -0.4 is 4.42 Å². The average molecular weight is 404 g/mol. The van der Waals surface area contributed by atoms with Gasteiger partial charge in [-0.3, -0.25) is 4.79 Å². The fourth-order valence-electron chi connectivity index (χ4n) is 0.930. The number of carboxylic acid groups (broad SMARTS) is 1. The largest absolute Gasteiger partial charge is 0.476 e. The van der Waals surface area contributed by atoms with Crippen molar-refractivity contribution in [2.24, 2.45) is 5.16 Å². The van der Waals surface area contributed by atoms with Gasteiger partial charge in [-0.2, -0.15) is 4.42 Å². The molecule has 1 rings (SSSR count). The first-order chi connectivity index (χ1) is 8.38. The van der Waals surface area contributed by atoms with Crippen molar-refractivity contribution in [3.63, 3.8) is 0 Å². The second-order valence-corrected chi connectivity index (χ2v) is 5.97. The third-order valence-corrected chi connectivity index (χ3v) is 4.13. The van der Waals surface area contributed by atoms with Crippen molar-refractivity contribution in [3.05, 3.63) is 8.58 Å². The van der Waals surface area contributed by atoms with Crippen LogP contribution >= 0.6 is 45.7 Å². The van der Waals surface area contributed by atoms with Gasteiger partial charge in [0, 0.05) is 18.7 Å². The van der Waals surface area contributed by atoms with Crippen LogP contribution in [0.4, 0.5) is 5.13 Å². The monoisotopic (exact) mass is 403 g/mol. The molecule has 0 unspecified atom stereocenters. The van der Waals surface area contributed by atoms with Gasteiger partial charge < -0.3 is 9.94 Å². The molecule has 98 valence electrons. The molecule has 0 saturated carbocycles. The zero-order chi connectivity index (χ0) is 13.9. The molecule has 0 aliphatic rings. The van der Waals surface area contributed by atoms with Gasteiger partial charge in [0.2, 0.25) is 16.8 Å². The highest BCUT2D eigenvalue weighted by Crippen LogP contribution is 2.29. The van der Waals surface area contributed by atoms with Crippen molar-refractivity contribution in [2.45, 2.75) is 6.92 Å². The van der Waals surface area contributed by atoms with E-state index in [2.05, 4.69) is 15.0 Å². The van der Waals surface area contributed by atoms with E-state index in [1.807, 2.05) is 22.6 Å². The molecule has 0 aliphatic carbocycles. The minimum Gasteiger partial charge on any atom is -0.476 e. The molecule has 10 heteroatoms. The number of carbonyl (C=O) groups is 2. The standard InChI is InChI=1S/C8H7ClIN3O4S/c1-3(14)13(9)8-11-4(6(10)18-8)5(7(15)16)12-17-2/h1-2H3,(H,15,16). The predicted octanol–water partition coefficient (Wildman–Crippen LogP) is 1.69. The highest BCUT2D eigenvalue weighted by molar-refractivity contribution is 14.1. The van der Waals surface area contributed by atoms with Crippen molar-refractivity contribution in [1.82, 2.24) is 4.98 Å². The molecular formula is C8H7ClIN3O4S. The Morgan fingerprint density at radius 1 is 1.61 bits per heavy atom. The number of nitrogens with zero attached hydrogens (tertiary/aromatic N) is 3. The minimum absolute atomic E-state index is 0.108. The van der Waals surface area contributed by atoms with Crippen LogP contribution in [0.1, 0.15) is 12.6 Å². The lowest BCUT2D eigenvalue weighted by Crippen LogP contribution is -2.18. The summed E-state index contributed by atoms with van der Waals surface area (Å²) >= 11 is 8.65. The topological polar surface area (TPSA) is 92.1 Å². The second-order valence-electron chi connectivity index (χ2n) is 2.85. The van der Waals surface area contributed by atoms with Gasteiger partial charge in [0.15, 0.2) is 0 Å². The van der Waals surface area contributed by atoms with Gasteiger partial charge in [-0.25, -0.2) is 9.78 Å². The Labute approximate surface area is 125 Å². The molecule has 18 heavy (non-hydrogen) atoms. The van der Waals surface area contributed by atoms with E-state index < -0.39 is 11.9 Å². The van der Waals surface area contributed by atoms with Crippen molar-refractivity contribution in [1.29, 1.82) is 0 Å². The third-order valence-electron chi connectivity index (χ3n) is 1.63. The van der Waals surface area contributed by atoms with E-state index in [0.717, 1.165) is 15.8 Å². The fourth-order valence-corrected chi connectivity index (χ4v) is 2.78. The zero-order valence-electron chi connectivity index (χ0n) is 9.18. The number of carbonyl (C=O) groups excluding carboxylic acids is 1. The summed E-state index contributed by atoms with van der Waals surface area (Å²) in [5.41, 5.74) is -0.241. The predicted molar refractivity (Wildman–Crippen MR) is 75.0 cm³/mol. The van der Waals surface area contributed by atoms with E-state index >= 15 is 0 Å². The van der Waals surface area contributed by atoms with E-state index in [4.69, 9.17) is 16.9 Å². The highest BCUT2D eigenvalue weighted by atomic mass is 127. The Kier molecular flexibility index (Phi) is 5.28. The highest BCUT2D eigenvalue weighted by Gasteiger charge is 2.24. The molecule has 0 bridgehead atoms. The molecule has 0 aliphatic heterocycles. The van der Waals surface area contributed by atoms with Crippen LogP contribution in [-0.4, -0.2) is 34.8 Å². The summed E-state index contributed by atoms with van der Waals surface area (Å²) in [5.74, 6) is -1.70. The average Bonchev–Trinajstić information content (AvgIpc) is 2.66. The number of thiazole rings is 1. The molecule has 0 radical (unpaired) electrons. The number of aliphatic carboxylic acids is 1. The van der Waals surface area contributed by atoms with Crippen LogP contribution in [0.15, 0.2) is 5.16 Å². The van der Waals surface area contributed by atoms with Gasteiger partial charge in [0.25, 0.3) is 0 Å². The van der Waals surface area contributed by atoms with Crippen LogP contribution in [0.5, 0.6) is 0 Å². The summed E-state index contributed by atoms with van der Waals surface area (Å²) in [5, 5.41) is 12.5. The number of oxime groups is 1. The smallest absolute Gasteiger partial charge is 0.360 e. The normalized spacial score (nSPS) is 11.2. The van der Waals surface area contributed by atoms with Gasteiger partial charge >= 0.3 is 5.97 Å². The van der Waals surface area contributed by atoms with Crippen LogP contribution in [0, 0.1) is 2.88 Å². The van der Waals surface area contributed by atoms with E-state index in [9.17, 15) is 9.59 Å².